The van der Waals surface area contributed by atoms with Crippen LogP contribution in [0.3, 0.4) is 0 Å². The van der Waals surface area contributed by atoms with E-state index in [9.17, 15) is 4.79 Å². The van der Waals surface area contributed by atoms with Crippen LogP contribution < -0.4 is 11.1 Å². The Morgan fingerprint density at radius 3 is 2.90 bits per heavy atom. The van der Waals surface area contributed by atoms with E-state index in [1.165, 1.54) is 11.3 Å². The van der Waals surface area contributed by atoms with E-state index in [4.69, 9.17) is 5.73 Å². The van der Waals surface area contributed by atoms with Crippen molar-refractivity contribution in [2.75, 3.05) is 5.73 Å². The quantitative estimate of drug-likeness (QED) is 0.885. The van der Waals surface area contributed by atoms with E-state index >= 15 is 0 Å². The summed E-state index contributed by atoms with van der Waals surface area (Å²) >= 11 is 1.54. The standard InChI is InChI=1S/C14H18N4OS/c1-3-4-11-5-10(6-13(15)18-11)14(19)16-7-12-9(2)17-8-20-12/h5-6,8H,3-4,7H2,1-2H3,(H2,15,18)(H,16,19). The molecule has 0 aliphatic carbocycles. The molecule has 0 saturated heterocycles. The number of nitrogens with two attached hydrogens (primary N) is 1. The van der Waals surface area contributed by atoms with Crippen LogP contribution in [-0.2, 0) is 13.0 Å². The number of hydrogen-bond acceptors (Lipinski definition) is 5. The van der Waals surface area contributed by atoms with Gasteiger partial charge >= 0.3 is 0 Å². The molecule has 0 fully saturated rings. The van der Waals surface area contributed by atoms with Gasteiger partial charge in [-0.2, -0.15) is 0 Å². The van der Waals surface area contributed by atoms with E-state index in [-0.39, 0.29) is 5.91 Å². The highest BCUT2D eigenvalue weighted by atomic mass is 32.1. The molecule has 5 nitrogen and oxygen atoms in total. The van der Waals surface area contributed by atoms with Gasteiger partial charge in [-0.25, -0.2) is 9.97 Å². The number of pyridine rings is 1. The first-order chi connectivity index (χ1) is 9.60. The van der Waals surface area contributed by atoms with Gasteiger partial charge in [0.25, 0.3) is 5.91 Å². The molecule has 3 N–H and O–H groups in total. The fourth-order valence-electron chi connectivity index (χ4n) is 1.88. The average molecular weight is 290 g/mol. The summed E-state index contributed by atoms with van der Waals surface area (Å²) in [7, 11) is 0. The largest absolute Gasteiger partial charge is 0.384 e. The zero-order chi connectivity index (χ0) is 14.5. The Hall–Kier alpha value is -1.95. The van der Waals surface area contributed by atoms with Gasteiger partial charge in [-0.15, -0.1) is 11.3 Å². The topological polar surface area (TPSA) is 80.9 Å². The summed E-state index contributed by atoms with van der Waals surface area (Å²) < 4.78 is 0. The molecule has 20 heavy (non-hydrogen) atoms. The predicted octanol–water partition coefficient (Wildman–Crippen LogP) is 2.31. The summed E-state index contributed by atoms with van der Waals surface area (Å²) in [5, 5.41) is 2.89. The zero-order valence-electron chi connectivity index (χ0n) is 11.6. The molecular formula is C14H18N4OS. The Bertz CT molecular complexity index is 609. The number of amides is 1. The van der Waals surface area contributed by atoms with E-state index in [0.29, 0.717) is 17.9 Å². The molecule has 0 atom stereocenters. The highest BCUT2D eigenvalue weighted by Gasteiger charge is 2.10. The third-order valence-electron chi connectivity index (χ3n) is 2.92. The van der Waals surface area contributed by atoms with E-state index < -0.39 is 0 Å². The molecule has 0 spiro atoms. The van der Waals surface area contributed by atoms with E-state index in [1.54, 1.807) is 17.6 Å². The van der Waals surface area contributed by atoms with Gasteiger partial charge in [0.2, 0.25) is 0 Å². The number of carbonyl (C=O) groups excluding carboxylic acids is 1. The van der Waals surface area contributed by atoms with Crippen LogP contribution in [-0.4, -0.2) is 15.9 Å². The van der Waals surface area contributed by atoms with Crippen molar-refractivity contribution >= 4 is 23.1 Å². The fraction of sp³-hybridized carbons (Fsp3) is 0.357. The van der Waals surface area contributed by atoms with E-state index in [1.807, 2.05) is 6.92 Å². The number of hydrogen-bond donors (Lipinski definition) is 2. The number of nitrogens with zero attached hydrogens (tertiary/aromatic N) is 2. The lowest BCUT2D eigenvalue weighted by atomic mass is 10.1. The first-order valence-corrected chi connectivity index (χ1v) is 7.41. The Morgan fingerprint density at radius 1 is 1.45 bits per heavy atom. The summed E-state index contributed by atoms with van der Waals surface area (Å²) in [6.07, 6.45) is 1.79. The van der Waals surface area contributed by atoms with Crippen LogP contribution >= 0.6 is 11.3 Å². The maximum Gasteiger partial charge on any atom is 0.251 e. The molecule has 0 aliphatic rings. The second-order valence-corrected chi connectivity index (χ2v) is 5.50. The monoisotopic (exact) mass is 290 g/mol. The molecule has 2 aromatic heterocycles. The molecule has 1 amide bonds. The maximum absolute atomic E-state index is 12.1. The van der Waals surface area contributed by atoms with E-state index in [2.05, 4.69) is 22.2 Å². The Balaban J connectivity index is 2.07. The Labute approximate surface area is 122 Å². The average Bonchev–Trinajstić information content (AvgIpc) is 2.81. The van der Waals surface area contributed by atoms with Crippen LogP contribution in [0, 0.1) is 6.92 Å². The SMILES string of the molecule is CCCc1cc(C(=O)NCc2scnc2C)cc(N)n1. The third kappa shape index (κ3) is 3.54. The van der Waals surface area contributed by atoms with Crippen LogP contribution in [0.2, 0.25) is 0 Å². The smallest absolute Gasteiger partial charge is 0.251 e. The summed E-state index contributed by atoms with van der Waals surface area (Å²) in [6, 6.07) is 3.41. The lowest BCUT2D eigenvalue weighted by Crippen LogP contribution is -2.23. The van der Waals surface area contributed by atoms with Gasteiger partial charge in [-0.3, -0.25) is 4.79 Å². The minimum Gasteiger partial charge on any atom is -0.384 e. The van der Waals surface area contributed by atoms with Crippen LogP contribution in [0.25, 0.3) is 0 Å². The molecule has 0 radical (unpaired) electrons. The van der Waals surface area contributed by atoms with Crippen molar-refractivity contribution in [2.24, 2.45) is 0 Å². The Kier molecular flexibility index (Phi) is 4.68. The minimum atomic E-state index is -0.135. The van der Waals surface area contributed by atoms with Gasteiger partial charge in [0.05, 0.1) is 17.7 Å². The minimum absolute atomic E-state index is 0.135. The summed E-state index contributed by atoms with van der Waals surface area (Å²) in [5.41, 5.74) is 9.89. The number of anilines is 1. The molecule has 0 aromatic carbocycles. The van der Waals surface area contributed by atoms with Crippen molar-refractivity contribution in [1.29, 1.82) is 0 Å². The lowest BCUT2D eigenvalue weighted by Gasteiger charge is -2.07. The van der Waals surface area contributed by atoms with Gasteiger partial charge in [0, 0.05) is 16.1 Å². The van der Waals surface area contributed by atoms with Crippen LogP contribution in [0.4, 0.5) is 5.82 Å². The predicted molar refractivity (Wildman–Crippen MR) is 80.7 cm³/mol. The van der Waals surface area contributed by atoms with Crippen molar-refractivity contribution in [3.63, 3.8) is 0 Å². The summed E-state index contributed by atoms with van der Waals surface area (Å²) in [6.45, 7) is 4.49. The second-order valence-electron chi connectivity index (χ2n) is 4.57. The van der Waals surface area contributed by atoms with E-state index in [0.717, 1.165) is 29.1 Å². The first kappa shape index (κ1) is 14.5. The highest BCUT2D eigenvalue weighted by molar-refractivity contribution is 7.09. The van der Waals surface area contributed by atoms with Crippen LogP contribution in [0.5, 0.6) is 0 Å². The van der Waals surface area contributed by atoms with Crippen molar-refractivity contribution < 1.29 is 4.79 Å². The summed E-state index contributed by atoms with van der Waals surface area (Å²) in [4.78, 5) is 21.6. The molecular weight excluding hydrogens is 272 g/mol. The van der Waals surface area contributed by atoms with Gasteiger partial charge in [0.1, 0.15) is 5.82 Å². The molecule has 6 heteroatoms. The number of carbonyl (C=O) groups is 1. The molecule has 2 heterocycles. The molecule has 2 aromatic rings. The number of aryl methyl sites for hydroxylation is 2. The van der Waals surface area contributed by atoms with Crippen molar-refractivity contribution in [3.05, 3.63) is 39.5 Å². The molecule has 0 aliphatic heterocycles. The molecule has 106 valence electrons. The van der Waals surface area contributed by atoms with Crippen molar-refractivity contribution in [1.82, 2.24) is 15.3 Å². The normalized spacial score (nSPS) is 10.5. The number of rotatable bonds is 5. The number of aromatic nitrogens is 2. The van der Waals surface area contributed by atoms with Gasteiger partial charge in [-0.1, -0.05) is 13.3 Å². The van der Waals surface area contributed by atoms with Crippen LogP contribution in [0.1, 0.15) is 40.0 Å². The lowest BCUT2D eigenvalue weighted by molar-refractivity contribution is 0.0951. The molecule has 0 saturated carbocycles. The summed E-state index contributed by atoms with van der Waals surface area (Å²) in [5.74, 6) is 0.249. The maximum atomic E-state index is 12.1. The second kappa shape index (κ2) is 6.47. The van der Waals surface area contributed by atoms with Gasteiger partial charge in [-0.05, 0) is 25.5 Å². The van der Waals surface area contributed by atoms with Crippen molar-refractivity contribution in [3.8, 4) is 0 Å². The van der Waals surface area contributed by atoms with Crippen molar-refractivity contribution in [2.45, 2.75) is 33.2 Å². The number of thiazole rings is 1. The zero-order valence-corrected chi connectivity index (χ0v) is 12.5. The third-order valence-corrected chi connectivity index (χ3v) is 3.86. The molecule has 0 bridgehead atoms. The number of nitrogens with one attached hydrogen (secondary N) is 1. The fourth-order valence-corrected chi connectivity index (χ4v) is 2.60. The van der Waals surface area contributed by atoms with Crippen LogP contribution in [0.15, 0.2) is 17.6 Å². The Morgan fingerprint density at radius 2 is 2.25 bits per heavy atom. The first-order valence-electron chi connectivity index (χ1n) is 6.53. The highest BCUT2D eigenvalue weighted by Crippen LogP contribution is 2.13. The number of nitrogen functional groups attached to an aromatic ring is 1. The molecule has 2 rings (SSSR count). The molecule has 0 unspecified atom stereocenters. The van der Waals surface area contributed by atoms with Gasteiger partial charge < -0.3 is 11.1 Å². The van der Waals surface area contributed by atoms with Gasteiger partial charge in [0.15, 0.2) is 0 Å².